The smallest absolute Gasteiger partial charge is 0.261 e. The van der Waals surface area contributed by atoms with E-state index in [0.717, 1.165) is 45.7 Å². The molecule has 3 atom stereocenters. The van der Waals surface area contributed by atoms with E-state index in [1.54, 1.807) is 0 Å². The highest BCUT2D eigenvalue weighted by molar-refractivity contribution is 7.20. The molecule has 4 N–H and O–H groups in total. The molecule has 2 aliphatic rings. The Morgan fingerprint density at radius 3 is 3.00 bits per heavy atom. The van der Waals surface area contributed by atoms with Crippen molar-refractivity contribution in [2.24, 2.45) is 5.92 Å². The SMILES string of the molecule is CC(C)NC(=O)c1cc2ccc(-c3nccc(NC4CCC5NNCC5C4)n3)cc2s1. The molecule has 5 rings (SSSR count). The van der Waals surface area contributed by atoms with Gasteiger partial charge < -0.3 is 10.6 Å². The molecule has 1 amide bonds. The molecule has 1 aromatic carbocycles. The summed E-state index contributed by atoms with van der Waals surface area (Å²) < 4.78 is 1.06. The number of hydrazine groups is 1. The molecule has 7 nitrogen and oxygen atoms in total. The number of hydrogen-bond acceptors (Lipinski definition) is 7. The van der Waals surface area contributed by atoms with Gasteiger partial charge in [-0.2, -0.15) is 0 Å². The van der Waals surface area contributed by atoms with Crippen molar-refractivity contribution in [1.29, 1.82) is 0 Å². The first-order valence-corrected chi connectivity index (χ1v) is 11.8. The zero-order valence-corrected chi connectivity index (χ0v) is 18.6. The number of carbonyl (C=O) groups excluding carboxylic acids is 1. The zero-order chi connectivity index (χ0) is 21.4. The van der Waals surface area contributed by atoms with E-state index in [1.807, 2.05) is 44.3 Å². The molecule has 1 saturated heterocycles. The fourth-order valence-electron chi connectivity index (χ4n) is 4.53. The quantitative estimate of drug-likeness (QED) is 0.489. The summed E-state index contributed by atoms with van der Waals surface area (Å²) in [6, 6.07) is 11.2. The van der Waals surface area contributed by atoms with Crippen molar-refractivity contribution < 1.29 is 4.79 Å². The van der Waals surface area contributed by atoms with E-state index >= 15 is 0 Å². The Labute approximate surface area is 186 Å². The number of rotatable bonds is 5. The van der Waals surface area contributed by atoms with Crippen LogP contribution in [-0.4, -0.2) is 40.5 Å². The van der Waals surface area contributed by atoms with Crippen LogP contribution < -0.4 is 21.5 Å². The van der Waals surface area contributed by atoms with Gasteiger partial charge in [0.2, 0.25) is 0 Å². The maximum absolute atomic E-state index is 12.3. The van der Waals surface area contributed by atoms with Crippen LogP contribution in [-0.2, 0) is 0 Å². The van der Waals surface area contributed by atoms with Gasteiger partial charge in [0.15, 0.2) is 5.82 Å². The number of fused-ring (bicyclic) bond motifs is 2. The molecule has 3 unspecified atom stereocenters. The Balaban J connectivity index is 1.33. The van der Waals surface area contributed by atoms with Gasteiger partial charge in [0.25, 0.3) is 5.91 Å². The minimum absolute atomic E-state index is 0.0254. The van der Waals surface area contributed by atoms with E-state index < -0.39 is 0 Å². The van der Waals surface area contributed by atoms with Crippen molar-refractivity contribution in [2.75, 3.05) is 11.9 Å². The molecule has 1 aliphatic heterocycles. The Bertz CT molecular complexity index is 1100. The molecule has 31 heavy (non-hydrogen) atoms. The van der Waals surface area contributed by atoms with E-state index in [-0.39, 0.29) is 11.9 Å². The van der Waals surface area contributed by atoms with Crippen LogP contribution in [0.3, 0.4) is 0 Å². The fraction of sp³-hybridized carbons (Fsp3) is 0.435. The summed E-state index contributed by atoms with van der Waals surface area (Å²) in [6.07, 6.45) is 5.27. The Morgan fingerprint density at radius 1 is 1.23 bits per heavy atom. The van der Waals surface area contributed by atoms with E-state index in [1.165, 1.54) is 17.8 Å². The molecule has 0 bridgehead atoms. The lowest BCUT2D eigenvalue weighted by atomic mass is 9.83. The number of amides is 1. The van der Waals surface area contributed by atoms with E-state index in [4.69, 9.17) is 4.98 Å². The summed E-state index contributed by atoms with van der Waals surface area (Å²) in [7, 11) is 0. The third kappa shape index (κ3) is 4.42. The Kier molecular flexibility index (Phi) is 5.60. The molecule has 0 spiro atoms. The molecular weight excluding hydrogens is 408 g/mol. The topological polar surface area (TPSA) is 91.0 Å². The van der Waals surface area contributed by atoms with Gasteiger partial charge >= 0.3 is 0 Å². The second-order valence-corrected chi connectivity index (χ2v) is 9.89. The molecule has 2 aromatic heterocycles. The summed E-state index contributed by atoms with van der Waals surface area (Å²) in [5.74, 6) is 2.22. The highest BCUT2D eigenvalue weighted by atomic mass is 32.1. The molecule has 1 saturated carbocycles. The minimum atomic E-state index is -0.0254. The molecule has 1 aliphatic carbocycles. The number of hydrogen-bond donors (Lipinski definition) is 4. The van der Waals surface area contributed by atoms with Crippen molar-refractivity contribution in [3.8, 4) is 11.4 Å². The second kappa shape index (κ2) is 8.53. The maximum atomic E-state index is 12.3. The van der Waals surface area contributed by atoms with Gasteiger partial charge in [0.1, 0.15) is 5.82 Å². The Hall–Kier alpha value is -2.55. The van der Waals surface area contributed by atoms with Crippen molar-refractivity contribution in [3.63, 3.8) is 0 Å². The zero-order valence-electron chi connectivity index (χ0n) is 17.8. The molecular formula is C23H28N6OS. The third-order valence-corrected chi connectivity index (χ3v) is 7.16. The summed E-state index contributed by atoms with van der Waals surface area (Å²) in [6.45, 7) is 4.97. The van der Waals surface area contributed by atoms with Crippen molar-refractivity contribution in [3.05, 3.63) is 41.4 Å². The van der Waals surface area contributed by atoms with Gasteiger partial charge in [-0.05, 0) is 62.6 Å². The average molecular weight is 437 g/mol. The van der Waals surface area contributed by atoms with Gasteiger partial charge in [-0.15, -0.1) is 11.3 Å². The van der Waals surface area contributed by atoms with Crippen molar-refractivity contribution in [1.82, 2.24) is 26.1 Å². The number of carbonyl (C=O) groups is 1. The predicted octanol–water partition coefficient (Wildman–Crippen LogP) is 3.55. The minimum Gasteiger partial charge on any atom is -0.367 e. The maximum Gasteiger partial charge on any atom is 0.261 e. The fourth-order valence-corrected chi connectivity index (χ4v) is 5.54. The lowest BCUT2D eigenvalue weighted by Gasteiger charge is -2.31. The van der Waals surface area contributed by atoms with Crippen LogP contribution in [0.15, 0.2) is 36.5 Å². The van der Waals surface area contributed by atoms with Crippen molar-refractivity contribution >= 4 is 33.1 Å². The molecule has 3 heterocycles. The standard InChI is InChI=1S/C23H28N6OS/c1-13(2)26-23(30)20-10-14-3-4-15(11-19(14)31-20)22-24-8-7-21(28-22)27-17-5-6-18-16(9-17)12-25-29-18/h3-4,7-8,10-11,13,16-18,25,29H,5-6,9,12H2,1-2H3,(H,26,30)(H,24,27,28). The first-order valence-electron chi connectivity index (χ1n) is 11.0. The van der Waals surface area contributed by atoms with Gasteiger partial charge in [-0.25, -0.2) is 9.97 Å². The number of nitrogens with zero attached hydrogens (tertiary/aromatic N) is 2. The van der Waals surface area contributed by atoms with Gasteiger partial charge in [-0.1, -0.05) is 12.1 Å². The molecule has 8 heteroatoms. The van der Waals surface area contributed by atoms with Crippen LogP contribution in [0.5, 0.6) is 0 Å². The first-order chi connectivity index (χ1) is 15.0. The first kappa shape index (κ1) is 20.4. The number of nitrogens with one attached hydrogen (secondary N) is 4. The number of anilines is 1. The average Bonchev–Trinajstić information content (AvgIpc) is 3.39. The van der Waals surface area contributed by atoms with E-state index in [0.29, 0.717) is 23.8 Å². The van der Waals surface area contributed by atoms with Crippen LogP contribution in [0.25, 0.3) is 21.5 Å². The Morgan fingerprint density at radius 2 is 2.13 bits per heavy atom. The van der Waals surface area contributed by atoms with Crippen LogP contribution in [0.2, 0.25) is 0 Å². The molecule has 3 aromatic rings. The van der Waals surface area contributed by atoms with Crippen LogP contribution >= 0.6 is 11.3 Å². The number of benzene rings is 1. The van der Waals surface area contributed by atoms with Crippen LogP contribution in [0.1, 0.15) is 42.8 Å². The van der Waals surface area contributed by atoms with E-state index in [2.05, 4.69) is 32.5 Å². The highest BCUT2D eigenvalue weighted by Crippen LogP contribution is 2.31. The largest absolute Gasteiger partial charge is 0.367 e. The second-order valence-electron chi connectivity index (χ2n) is 8.80. The van der Waals surface area contributed by atoms with Gasteiger partial charge in [-0.3, -0.25) is 15.6 Å². The van der Waals surface area contributed by atoms with Gasteiger partial charge in [0.05, 0.1) is 4.88 Å². The van der Waals surface area contributed by atoms with Gasteiger partial charge in [0, 0.05) is 41.1 Å². The molecule has 0 radical (unpaired) electrons. The predicted molar refractivity (Wildman–Crippen MR) is 125 cm³/mol. The summed E-state index contributed by atoms with van der Waals surface area (Å²) in [5.41, 5.74) is 7.62. The lowest BCUT2D eigenvalue weighted by molar-refractivity contribution is 0.0947. The molecule has 2 fully saturated rings. The summed E-state index contributed by atoms with van der Waals surface area (Å²) in [5, 5.41) is 7.64. The highest BCUT2D eigenvalue weighted by Gasteiger charge is 2.33. The summed E-state index contributed by atoms with van der Waals surface area (Å²) in [4.78, 5) is 22.3. The monoisotopic (exact) mass is 436 g/mol. The van der Waals surface area contributed by atoms with Crippen LogP contribution in [0.4, 0.5) is 5.82 Å². The third-order valence-electron chi connectivity index (χ3n) is 6.06. The molecule has 162 valence electrons. The van der Waals surface area contributed by atoms with E-state index in [9.17, 15) is 4.79 Å². The van der Waals surface area contributed by atoms with Crippen LogP contribution in [0, 0.1) is 5.92 Å². The number of aromatic nitrogens is 2. The number of thiophene rings is 1. The van der Waals surface area contributed by atoms with Crippen molar-refractivity contribution in [2.45, 2.75) is 51.2 Å². The summed E-state index contributed by atoms with van der Waals surface area (Å²) >= 11 is 1.50. The normalized spacial score (nSPS) is 23.1. The lowest BCUT2D eigenvalue weighted by Crippen LogP contribution is -2.39.